The number of anilines is 1. The number of methoxy groups -OCH3 is 1. The van der Waals surface area contributed by atoms with Gasteiger partial charge in [-0.3, -0.25) is 0 Å². The highest BCUT2D eigenvalue weighted by Crippen LogP contribution is 2.24. The van der Waals surface area contributed by atoms with Crippen molar-refractivity contribution in [2.45, 2.75) is 20.8 Å². The minimum Gasteiger partial charge on any atom is -0.383 e. The summed E-state index contributed by atoms with van der Waals surface area (Å²) in [6.07, 6.45) is 0. The number of ether oxygens (including phenoxy) is 1. The van der Waals surface area contributed by atoms with Crippen molar-refractivity contribution in [3.05, 3.63) is 29.3 Å². The van der Waals surface area contributed by atoms with Gasteiger partial charge in [0.05, 0.1) is 6.61 Å². The second-order valence-corrected chi connectivity index (χ2v) is 4.79. The van der Waals surface area contributed by atoms with Gasteiger partial charge < -0.3 is 14.2 Å². The van der Waals surface area contributed by atoms with Crippen LogP contribution in [0.1, 0.15) is 18.1 Å². The Hall–Kier alpha value is -1.88. The average Bonchev–Trinajstić information content (AvgIpc) is 2.89. The van der Waals surface area contributed by atoms with Gasteiger partial charge in [-0.05, 0) is 37.6 Å². The maximum absolute atomic E-state index is 5.39. The zero-order chi connectivity index (χ0) is 14.5. The van der Waals surface area contributed by atoms with Crippen LogP contribution in [0.25, 0.3) is 11.5 Å². The summed E-state index contributed by atoms with van der Waals surface area (Å²) in [6.45, 7) is 8.38. The lowest BCUT2D eigenvalue weighted by molar-refractivity contribution is 0.205. The van der Waals surface area contributed by atoms with Crippen molar-refractivity contribution in [1.82, 2.24) is 10.1 Å². The molecule has 0 N–H and O–H groups in total. The SMILES string of the molecule is CCN(CCOC)c1noc(-c2ccc(C)cc2C)n1. The van der Waals surface area contributed by atoms with E-state index in [1.54, 1.807) is 7.11 Å². The smallest absolute Gasteiger partial charge is 0.266 e. The minimum atomic E-state index is 0.563. The molecule has 2 rings (SSSR count). The van der Waals surface area contributed by atoms with E-state index in [9.17, 15) is 0 Å². The number of nitrogens with zero attached hydrogens (tertiary/aromatic N) is 3. The molecule has 108 valence electrons. The van der Waals surface area contributed by atoms with Crippen LogP contribution in [0.2, 0.25) is 0 Å². The number of benzene rings is 1. The Morgan fingerprint density at radius 2 is 2.10 bits per heavy atom. The maximum atomic E-state index is 5.39. The molecule has 0 saturated heterocycles. The molecule has 20 heavy (non-hydrogen) atoms. The van der Waals surface area contributed by atoms with Gasteiger partial charge >= 0.3 is 0 Å². The Labute approximate surface area is 119 Å². The summed E-state index contributed by atoms with van der Waals surface area (Å²) in [4.78, 5) is 6.52. The van der Waals surface area contributed by atoms with E-state index in [1.807, 2.05) is 11.0 Å². The van der Waals surface area contributed by atoms with Gasteiger partial charge in [-0.15, -0.1) is 0 Å². The first-order valence-corrected chi connectivity index (χ1v) is 6.81. The van der Waals surface area contributed by atoms with E-state index in [0.29, 0.717) is 18.4 Å². The first-order chi connectivity index (χ1) is 9.65. The molecule has 1 aromatic heterocycles. The number of aryl methyl sites for hydroxylation is 2. The third-order valence-electron chi connectivity index (χ3n) is 3.26. The molecule has 0 unspecified atom stereocenters. The molecule has 0 spiro atoms. The minimum absolute atomic E-state index is 0.563. The van der Waals surface area contributed by atoms with Crippen molar-refractivity contribution in [2.75, 3.05) is 31.7 Å². The largest absolute Gasteiger partial charge is 0.383 e. The number of hydrogen-bond acceptors (Lipinski definition) is 5. The van der Waals surface area contributed by atoms with Gasteiger partial charge in [0.15, 0.2) is 0 Å². The maximum Gasteiger partial charge on any atom is 0.266 e. The molecule has 5 heteroatoms. The molecule has 2 aromatic rings. The molecule has 0 aliphatic heterocycles. The molecule has 0 fully saturated rings. The van der Waals surface area contributed by atoms with Crippen molar-refractivity contribution in [1.29, 1.82) is 0 Å². The summed E-state index contributed by atoms with van der Waals surface area (Å²) in [6, 6.07) is 6.18. The van der Waals surface area contributed by atoms with Crippen LogP contribution < -0.4 is 4.90 Å². The highest BCUT2D eigenvalue weighted by atomic mass is 16.5. The number of hydrogen-bond donors (Lipinski definition) is 0. The zero-order valence-electron chi connectivity index (χ0n) is 12.5. The Kier molecular flexibility index (Phi) is 4.74. The summed E-state index contributed by atoms with van der Waals surface area (Å²) in [5, 5.41) is 4.06. The molecule has 0 bridgehead atoms. The number of likely N-dealkylation sites (N-methyl/N-ethyl adjacent to an activating group) is 1. The third-order valence-corrected chi connectivity index (χ3v) is 3.26. The van der Waals surface area contributed by atoms with Gasteiger partial charge in [0.25, 0.3) is 11.8 Å². The van der Waals surface area contributed by atoms with Gasteiger partial charge in [0, 0.05) is 25.8 Å². The van der Waals surface area contributed by atoms with Crippen LogP contribution in [0.4, 0.5) is 5.95 Å². The first kappa shape index (κ1) is 14.5. The summed E-state index contributed by atoms with van der Waals surface area (Å²) >= 11 is 0. The first-order valence-electron chi connectivity index (χ1n) is 6.81. The Balaban J connectivity index is 2.23. The lowest BCUT2D eigenvalue weighted by Crippen LogP contribution is -2.27. The van der Waals surface area contributed by atoms with Gasteiger partial charge in [0.1, 0.15) is 0 Å². The summed E-state index contributed by atoms with van der Waals surface area (Å²) < 4.78 is 10.5. The second kappa shape index (κ2) is 6.52. The van der Waals surface area contributed by atoms with Gasteiger partial charge in [0.2, 0.25) is 0 Å². The Bertz CT molecular complexity index is 566. The molecule has 1 heterocycles. The molecule has 1 aromatic carbocycles. The second-order valence-electron chi connectivity index (χ2n) is 4.79. The number of rotatable bonds is 6. The zero-order valence-corrected chi connectivity index (χ0v) is 12.5. The fourth-order valence-electron chi connectivity index (χ4n) is 2.11. The predicted molar refractivity (Wildman–Crippen MR) is 79.0 cm³/mol. The molecule has 0 aliphatic rings. The molecule has 0 saturated carbocycles. The molecule has 5 nitrogen and oxygen atoms in total. The average molecular weight is 275 g/mol. The van der Waals surface area contributed by atoms with Crippen LogP contribution in [0.15, 0.2) is 22.7 Å². The molecular weight excluding hydrogens is 254 g/mol. The van der Waals surface area contributed by atoms with Crippen LogP contribution in [0.5, 0.6) is 0 Å². The van der Waals surface area contributed by atoms with Gasteiger partial charge in [-0.1, -0.05) is 17.7 Å². The lowest BCUT2D eigenvalue weighted by Gasteiger charge is -2.16. The van der Waals surface area contributed by atoms with Crippen molar-refractivity contribution in [2.24, 2.45) is 0 Å². The fourth-order valence-corrected chi connectivity index (χ4v) is 2.11. The van der Waals surface area contributed by atoms with Crippen LogP contribution in [-0.2, 0) is 4.74 Å². The van der Waals surface area contributed by atoms with Crippen molar-refractivity contribution in [3.8, 4) is 11.5 Å². The van der Waals surface area contributed by atoms with E-state index in [2.05, 4.69) is 43.0 Å². The molecule has 0 amide bonds. The normalized spacial score (nSPS) is 10.8. The molecule has 0 radical (unpaired) electrons. The quantitative estimate of drug-likeness (QED) is 0.811. The monoisotopic (exact) mass is 275 g/mol. The summed E-state index contributed by atoms with van der Waals surface area (Å²) in [5.74, 6) is 1.17. The predicted octanol–water partition coefficient (Wildman–Crippen LogP) is 2.83. The van der Waals surface area contributed by atoms with Crippen molar-refractivity contribution < 1.29 is 9.26 Å². The van der Waals surface area contributed by atoms with Crippen molar-refractivity contribution >= 4 is 5.95 Å². The fraction of sp³-hybridized carbons (Fsp3) is 0.467. The summed E-state index contributed by atoms with van der Waals surface area (Å²) in [7, 11) is 1.69. The Morgan fingerprint density at radius 3 is 2.75 bits per heavy atom. The van der Waals surface area contributed by atoms with E-state index in [-0.39, 0.29) is 0 Å². The van der Waals surface area contributed by atoms with Gasteiger partial charge in [-0.2, -0.15) is 4.98 Å². The van der Waals surface area contributed by atoms with E-state index < -0.39 is 0 Å². The topological polar surface area (TPSA) is 51.4 Å². The van der Waals surface area contributed by atoms with E-state index >= 15 is 0 Å². The van der Waals surface area contributed by atoms with Crippen LogP contribution in [0, 0.1) is 13.8 Å². The standard InChI is InChI=1S/C15H21N3O2/c1-5-18(8-9-19-4)15-16-14(20-17-15)13-7-6-11(2)10-12(13)3/h6-7,10H,5,8-9H2,1-4H3. The van der Waals surface area contributed by atoms with Crippen molar-refractivity contribution in [3.63, 3.8) is 0 Å². The molecule has 0 atom stereocenters. The highest BCUT2D eigenvalue weighted by Gasteiger charge is 2.15. The third kappa shape index (κ3) is 3.17. The van der Waals surface area contributed by atoms with Gasteiger partial charge in [-0.25, -0.2) is 0 Å². The van der Waals surface area contributed by atoms with E-state index in [0.717, 1.165) is 24.2 Å². The highest BCUT2D eigenvalue weighted by molar-refractivity contribution is 5.60. The summed E-state index contributed by atoms with van der Waals surface area (Å²) in [5.41, 5.74) is 3.35. The van der Waals surface area contributed by atoms with Crippen LogP contribution in [0.3, 0.4) is 0 Å². The number of aromatic nitrogens is 2. The molecule has 0 aliphatic carbocycles. The lowest BCUT2D eigenvalue weighted by atomic mass is 10.1. The Morgan fingerprint density at radius 1 is 1.30 bits per heavy atom. The van der Waals surface area contributed by atoms with E-state index in [1.165, 1.54) is 5.56 Å². The van der Waals surface area contributed by atoms with Crippen LogP contribution in [-0.4, -0.2) is 36.9 Å². The van der Waals surface area contributed by atoms with E-state index in [4.69, 9.17) is 9.26 Å². The molecular formula is C15H21N3O2. The van der Waals surface area contributed by atoms with Crippen LogP contribution >= 0.6 is 0 Å².